The zero-order chi connectivity index (χ0) is 13.8. The summed E-state index contributed by atoms with van der Waals surface area (Å²) in [7, 11) is 0. The molecule has 1 aromatic rings. The van der Waals surface area contributed by atoms with Gasteiger partial charge in [-0.3, -0.25) is 4.79 Å². The lowest BCUT2D eigenvalue weighted by atomic mass is 10.2. The Morgan fingerprint density at radius 3 is 2.74 bits per heavy atom. The molecule has 1 amide bonds. The zero-order valence-corrected chi connectivity index (χ0v) is 11.9. The molecule has 3 N–H and O–H groups in total. The molecule has 102 valence electrons. The van der Waals surface area contributed by atoms with Crippen LogP contribution >= 0.6 is 15.9 Å². The minimum absolute atomic E-state index is 0.0740. The molecule has 0 aromatic heterocycles. The van der Waals surface area contributed by atoms with Crippen molar-refractivity contribution in [3.63, 3.8) is 0 Å². The Morgan fingerprint density at radius 2 is 2.11 bits per heavy atom. The lowest BCUT2D eigenvalue weighted by Gasteiger charge is -2.09. The van der Waals surface area contributed by atoms with Crippen molar-refractivity contribution in [3.05, 3.63) is 28.2 Å². The van der Waals surface area contributed by atoms with E-state index in [1.54, 1.807) is 12.1 Å². The van der Waals surface area contributed by atoms with E-state index in [0.29, 0.717) is 16.1 Å². The molecule has 1 aliphatic carbocycles. The molecule has 1 aliphatic rings. The lowest BCUT2D eigenvalue weighted by molar-refractivity contribution is -0.115. The Hall–Kier alpha value is -1.40. The lowest BCUT2D eigenvalue weighted by Crippen LogP contribution is -2.29. The largest absolute Gasteiger partial charge is 0.478 e. The van der Waals surface area contributed by atoms with Crippen LogP contribution < -0.4 is 10.6 Å². The minimum Gasteiger partial charge on any atom is -0.478 e. The van der Waals surface area contributed by atoms with Crippen LogP contribution in [0.2, 0.25) is 0 Å². The molecule has 0 unspecified atom stereocenters. The monoisotopic (exact) mass is 326 g/mol. The van der Waals surface area contributed by atoms with Crippen molar-refractivity contribution in [1.82, 2.24) is 5.32 Å². The molecule has 1 fully saturated rings. The van der Waals surface area contributed by atoms with E-state index in [-0.39, 0.29) is 18.0 Å². The fraction of sp³-hybridized carbons (Fsp3) is 0.385. The van der Waals surface area contributed by atoms with Crippen LogP contribution in [-0.2, 0) is 4.79 Å². The first-order valence-corrected chi connectivity index (χ1v) is 6.89. The highest BCUT2D eigenvalue weighted by atomic mass is 79.9. The third-order valence-corrected chi connectivity index (χ3v) is 3.39. The first-order valence-electron chi connectivity index (χ1n) is 6.09. The Morgan fingerprint density at radius 1 is 1.37 bits per heavy atom. The van der Waals surface area contributed by atoms with E-state index in [1.807, 2.05) is 0 Å². The summed E-state index contributed by atoms with van der Waals surface area (Å²) >= 11 is 3.21. The third-order valence-electron chi connectivity index (χ3n) is 2.90. The summed E-state index contributed by atoms with van der Waals surface area (Å²) in [5, 5.41) is 14.7. The average molecular weight is 327 g/mol. The number of aromatic carboxylic acids is 1. The summed E-state index contributed by atoms with van der Waals surface area (Å²) < 4.78 is 0.662. The van der Waals surface area contributed by atoms with Gasteiger partial charge in [-0.2, -0.15) is 0 Å². The van der Waals surface area contributed by atoms with Gasteiger partial charge in [0.15, 0.2) is 0 Å². The Labute approximate surface area is 119 Å². The van der Waals surface area contributed by atoms with Crippen LogP contribution in [0.15, 0.2) is 22.7 Å². The normalized spacial score (nSPS) is 14.2. The van der Waals surface area contributed by atoms with Gasteiger partial charge in [0.1, 0.15) is 0 Å². The molecule has 1 saturated carbocycles. The predicted molar refractivity (Wildman–Crippen MR) is 75.3 cm³/mol. The van der Waals surface area contributed by atoms with Gasteiger partial charge in [-0.05, 0) is 43.5 Å². The van der Waals surface area contributed by atoms with E-state index in [0.717, 1.165) is 6.54 Å². The van der Waals surface area contributed by atoms with Crippen molar-refractivity contribution in [2.75, 3.05) is 18.4 Å². The topological polar surface area (TPSA) is 78.4 Å². The van der Waals surface area contributed by atoms with E-state index >= 15 is 0 Å². The quantitative estimate of drug-likeness (QED) is 0.748. The van der Waals surface area contributed by atoms with E-state index < -0.39 is 5.97 Å². The van der Waals surface area contributed by atoms with Crippen molar-refractivity contribution in [1.29, 1.82) is 0 Å². The Balaban J connectivity index is 1.93. The van der Waals surface area contributed by atoms with E-state index in [4.69, 9.17) is 5.11 Å². The number of amides is 1. The van der Waals surface area contributed by atoms with Crippen molar-refractivity contribution in [3.8, 4) is 0 Å². The third kappa shape index (κ3) is 4.33. The molecular weight excluding hydrogens is 312 g/mol. The Kier molecular flexibility index (Phi) is 4.55. The molecule has 1 aromatic carbocycles. The molecule has 0 bridgehead atoms. The highest BCUT2D eigenvalue weighted by Gasteiger charge is 2.20. The second kappa shape index (κ2) is 6.16. The molecule has 6 heteroatoms. The summed E-state index contributed by atoms with van der Waals surface area (Å²) in [5.74, 6) is -0.594. The molecule has 0 aliphatic heterocycles. The second-order valence-electron chi connectivity index (χ2n) is 4.62. The van der Waals surface area contributed by atoms with E-state index in [2.05, 4.69) is 26.6 Å². The second-order valence-corrected chi connectivity index (χ2v) is 5.53. The summed E-state index contributed by atoms with van der Waals surface area (Å²) in [6.07, 6.45) is 2.45. The van der Waals surface area contributed by atoms with Gasteiger partial charge in [-0.15, -0.1) is 0 Å². The molecule has 0 saturated heterocycles. The fourth-order valence-electron chi connectivity index (χ4n) is 1.71. The number of carbonyl (C=O) groups excluding carboxylic acids is 1. The van der Waals surface area contributed by atoms with Gasteiger partial charge in [0.25, 0.3) is 0 Å². The number of carboxylic acid groups (broad SMARTS) is 1. The summed E-state index contributed by atoms with van der Waals surface area (Å²) in [5.41, 5.74) is 0.388. The maximum Gasteiger partial charge on any atom is 0.337 e. The summed E-state index contributed by atoms with van der Waals surface area (Å²) in [6, 6.07) is 4.74. The average Bonchev–Trinajstić information content (AvgIpc) is 3.15. The maximum absolute atomic E-state index is 11.7. The number of carbonyl (C=O) groups is 2. The molecule has 19 heavy (non-hydrogen) atoms. The van der Waals surface area contributed by atoms with Crippen LogP contribution in [-0.4, -0.2) is 30.1 Å². The zero-order valence-electron chi connectivity index (χ0n) is 10.3. The minimum atomic E-state index is -1.07. The summed E-state index contributed by atoms with van der Waals surface area (Å²) in [4.78, 5) is 22.8. The number of anilines is 1. The van der Waals surface area contributed by atoms with Gasteiger partial charge in [0.2, 0.25) is 5.91 Å². The van der Waals surface area contributed by atoms with Crippen LogP contribution in [0.3, 0.4) is 0 Å². The van der Waals surface area contributed by atoms with Gasteiger partial charge < -0.3 is 15.7 Å². The van der Waals surface area contributed by atoms with Crippen molar-refractivity contribution >= 4 is 33.5 Å². The molecule has 0 heterocycles. The number of nitrogens with one attached hydrogen (secondary N) is 2. The first kappa shape index (κ1) is 14.0. The SMILES string of the molecule is O=C(CNCC1CC1)Nc1ccc(Br)cc1C(=O)O. The number of benzene rings is 1. The van der Waals surface area contributed by atoms with E-state index in [9.17, 15) is 9.59 Å². The first-order chi connectivity index (χ1) is 9.06. The number of hydrogen-bond acceptors (Lipinski definition) is 3. The molecule has 2 rings (SSSR count). The van der Waals surface area contributed by atoms with Crippen molar-refractivity contribution in [2.45, 2.75) is 12.8 Å². The molecule has 0 atom stereocenters. The van der Waals surface area contributed by atoms with Gasteiger partial charge in [0, 0.05) is 4.47 Å². The van der Waals surface area contributed by atoms with Crippen LogP contribution in [0.1, 0.15) is 23.2 Å². The molecule has 0 spiro atoms. The van der Waals surface area contributed by atoms with Crippen LogP contribution in [0.4, 0.5) is 5.69 Å². The summed E-state index contributed by atoms with van der Waals surface area (Å²) in [6.45, 7) is 1.05. The standard InChI is InChI=1S/C13H15BrN2O3/c14-9-3-4-11(10(5-9)13(18)19)16-12(17)7-15-6-8-1-2-8/h3-5,8,15H,1-2,6-7H2,(H,16,17)(H,18,19). The number of hydrogen-bond donors (Lipinski definition) is 3. The van der Waals surface area contributed by atoms with Crippen LogP contribution in [0.25, 0.3) is 0 Å². The smallest absolute Gasteiger partial charge is 0.337 e. The molecule has 5 nitrogen and oxygen atoms in total. The van der Waals surface area contributed by atoms with Gasteiger partial charge in [0.05, 0.1) is 17.8 Å². The number of halogens is 1. The van der Waals surface area contributed by atoms with E-state index in [1.165, 1.54) is 18.9 Å². The molecule has 0 radical (unpaired) electrons. The van der Waals surface area contributed by atoms with Crippen molar-refractivity contribution in [2.24, 2.45) is 5.92 Å². The fourth-order valence-corrected chi connectivity index (χ4v) is 2.07. The van der Waals surface area contributed by atoms with Gasteiger partial charge >= 0.3 is 5.97 Å². The van der Waals surface area contributed by atoms with Crippen LogP contribution in [0.5, 0.6) is 0 Å². The van der Waals surface area contributed by atoms with Gasteiger partial charge in [-0.1, -0.05) is 15.9 Å². The maximum atomic E-state index is 11.7. The Bertz CT molecular complexity index is 501. The van der Waals surface area contributed by atoms with Gasteiger partial charge in [-0.25, -0.2) is 4.79 Å². The van der Waals surface area contributed by atoms with Crippen LogP contribution in [0, 0.1) is 5.92 Å². The highest BCUT2D eigenvalue weighted by Crippen LogP contribution is 2.27. The predicted octanol–water partition coefficient (Wildman–Crippen LogP) is 2.09. The molecular formula is C13H15BrN2O3. The number of rotatable bonds is 6. The van der Waals surface area contributed by atoms with Crippen molar-refractivity contribution < 1.29 is 14.7 Å². The highest BCUT2D eigenvalue weighted by molar-refractivity contribution is 9.10. The number of carboxylic acids is 1.